The van der Waals surface area contributed by atoms with E-state index in [1.54, 1.807) is 12.4 Å². The van der Waals surface area contributed by atoms with Crippen LogP contribution >= 0.6 is 0 Å². The predicted molar refractivity (Wildman–Crippen MR) is 94.9 cm³/mol. The number of nitrogens with zero attached hydrogens (tertiary/aromatic N) is 3. The molecule has 4 nitrogen and oxygen atoms in total. The smallest absolute Gasteiger partial charge is 0.274 e. The average molecular weight is 323 g/mol. The van der Waals surface area contributed by atoms with Crippen molar-refractivity contribution in [3.8, 4) is 0 Å². The van der Waals surface area contributed by atoms with E-state index in [4.69, 9.17) is 0 Å². The third kappa shape index (κ3) is 3.99. The maximum atomic E-state index is 12.6. The highest BCUT2D eigenvalue weighted by molar-refractivity contribution is 5.92. The lowest BCUT2D eigenvalue weighted by Crippen LogP contribution is -2.40. The van der Waals surface area contributed by atoms with Crippen molar-refractivity contribution < 1.29 is 4.79 Å². The Labute approximate surface area is 143 Å². The van der Waals surface area contributed by atoms with Gasteiger partial charge in [-0.25, -0.2) is 4.98 Å². The fourth-order valence-electron chi connectivity index (χ4n) is 3.40. The van der Waals surface area contributed by atoms with Crippen molar-refractivity contribution in [2.24, 2.45) is 5.92 Å². The van der Waals surface area contributed by atoms with Gasteiger partial charge in [0.2, 0.25) is 0 Å². The summed E-state index contributed by atoms with van der Waals surface area (Å²) in [4.78, 5) is 23.0. The number of amides is 1. The maximum Gasteiger partial charge on any atom is 0.274 e. The molecule has 1 aliphatic rings. The van der Waals surface area contributed by atoms with Crippen LogP contribution < -0.4 is 0 Å². The van der Waals surface area contributed by atoms with Crippen LogP contribution in [0.4, 0.5) is 0 Å². The maximum absolute atomic E-state index is 12.6. The zero-order valence-corrected chi connectivity index (χ0v) is 14.5. The predicted octanol–water partition coefficient (Wildman–Crippen LogP) is 3.58. The van der Waals surface area contributed by atoms with Gasteiger partial charge < -0.3 is 4.90 Å². The Morgan fingerprint density at radius 1 is 1.21 bits per heavy atom. The number of rotatable bonds is 4. The summed E-state index contributed by atoms with van der Waals surface area (Å²) in [5.74, 6) is 0.587. The van der Waals surface area contributed by atoms with Crippen LogP contribution in [-0.4, -0.2) is 33.9 Å². The minimum atomic E-state index is 0.0168. The Hall–Kier alpha value is -2.23. The van der Waals surface area contributed by atoms with E-state index in [9.17, 15) is 4.79 Å². The van der Waals surface area contributed by atoms with Gasteiger partial charge in [-0.15, -0.1) is 0 Å². The van der Waals surface area contributed by atoms with Crippen LogP contribution in [0.5, 0.6) is 0 Å². The van der Waals surface area contributed by atoms with Crippen molar-refractivity contribution in [1.29, 1.82) is 0 Å². The Morgan fingerprint density at radius 2 is 2.04 bits per heavy atom. The molecule has 1 aromatic carbocycles. The van der Waals surface area contributed by atoms with Gasteiger partial charge >= 0.3 is 0 Å². The van der Waals surface area contributed by atoms with Crippen molar-refractivity contribution in [2.75, 3.05) is 13.1 Å². The Balaban J connectivity index is 1.59. The summed E-state index contributed by atoms with van der Waals surface area (Å²) >= 11 is 0. The molecule has 2 heterocycles. The fraction of sp³-hybridized carbons (Fsp3) is 0.450. The van der Waals surface area contributed by atoms with Gasteiger partial charge in [-0.05, 0) is 56.6 Å². The fourth-order valence-corrected chi connectivity index (χ4v) is 3.40. The third-order valence-electron chi connectivity index (χ3n) is 4.89. The Morgan fingerprint density at radius 3 is 2.79 bits per heavy atom. The monoisotopic (exact) mass is 323 g/mol. The molecule has 0 saturated carbocycles. The zero-order chi connectivity index (χ0) is 16.9. The first-order valence-corrected chi connectivity index (χ1v) is 8.76. The molecule has 1 aliphatic heterocycles. The molecule has 24 heavy (non-hydrogen) atoms. The van der Waals surface area contributed by atoms with Gasteiger partial charge in [0.25, 0.3) is 5.91 Å². The van der Waals surface area contributed by atoms with Crippen molar-refractivity contribution in [1.82, 2.24) is 14.9 Å². The summed E-state index contributed by atoms with van der Waals surface area (Å²) in [6.45, 7) is 5.71. The molecule has 0 bridgehead atoms. The van der Waals surface area contributed by atoms with E-state index in [1.807, 2.05) is 11.8 Å². The average Bonchev–Trinajstić information content (AvgIpc) is 2.61. The number of piperidine rings is 1. The summed E-state index contributed by atoms with van der Waals surface area (Å²) < 4.78 is 0. The minimum Gasteiger partial charge on any atom is -0.337 e. The summed E-state index contributed by atoms with van der Waals surface area (Å²) in [5.41, 5.74) is 4.07. The normalized spacial score (nSPS) is 17.8. The molecule has 1 atom stereocenters. The first-order valence-electron chi connectivity index (χ1n) is 8.76. The summed E-state index contributed by atoms with van der Waals surface area (Å²) in [7, 11) is 0. The molecule has 1 aromatic heterocycles. The zero-order valence-electron chi connectivity index (χ0n) is 14.5. The van der Waals surface area contributed by atoms with Crippen molar-refractivity contribution >= 4 is 5.91 Å². The first kappa shape index (κ1) is 16.6. The molecule has 3 rings (SSSR count). The number of hydrogen-bond acceptors (Lipinski definition) is 3. The quantitative estimate of drug-likeness (QED) is 0.864. The van der Waals surface area contributed by atoms with E-state index in [1.165, 1.54) is 17.5 Å². The van der Waals surface area contributed by atoms with Gasteiger partial charge in [-0.3, -0.25) is 9.78 Å². The molecular weight excluding hydrogens is 298 g/mol. The lowest BCUT2D eigenvalue weighted by Gasteiger charge is -2.32. The third-order valence-corrected chi connectivity index (χ3v) is 4.89. The second-order valence-electron chi connectivity index (χ2n) is 6.77. The standard InChI is InChI=1S/C20H25N3O/c1-15-6-3-4-8-18(15)10-9-17-7-5-11-23(14-17)20(24)19-13-21-16(2)12-22-19/h3-4,6,8,12-13,17H,5,7,9-11,14H2,1-2H3/t17-/m1/s1. The Kier molecular flexibility index (Phi) is 5.24. The molecule has 0 spiro atoms. The summed E-state index contributed by atoms with van der Waals surface area (Å²) in [6, 6.07) is 8.57. The molecule has 1 fully saturated rings. The van der Waals surface area contributed by atoms with E-state index in [0.29, 0.717) is 11.6 Å². The number of likely N-dealkylation sites (tertiary alicyclic amines) is 1. The van der Waals surface area contributed by atoms with Gasteiger partial charge in [0.05, 0.1) is 11.9 Å². The van der Waals surface area contributed by atoms with Crippen LogP contribution in [-0.2, 0) is 6.42 Å². The first-order chi connectivity index (χ1) is 11.6. The molecule has 1 saturated heterocycles. The highest BCUT2D eigenvalue weighted by atomic mass is 16.2. The topological polar surface area (TPSA) is 46.1 Å². The number of benzene rings is 1. The van der Waals surface area contributed by atoms with Crippen LogP contribution in [0.3, 0.4) is 0 Å². The highest BCUT2D eigenvalue weighted by Gasteiger charge is 2.25. The number of carbonyl (C=O) groups is 1. The second-order valence-corrected chi connectivity index (χ2v) is 6.77. The van der Waals surface area contributed by atoms with Crippen LogP contribution in [0, 0.1) is 19.8 Å². The van der Waals surface area contributed by atoms with Crippen LogP contribution in [0.25, 0.3) is 0 Å². The molecule has 0 unspecified atom stereocenters. The van der Waals surface area contributed by atoms with Crippen LogP contribution in [0.1, 0.15) is 46.6 Å². The van der Waals surface area contributed by atoms with Crippen LogP contribution in [0.2, 0.25) is 0 Å². The molecule has 0 radical (unpaired) electrons. The van der Waals surface area contributed by atoms with Gasteiger partial charge in [0, 0.05) is 19.3 Å². The van der Waals surface area contributed by atoms with E-state index in [0.717, 1.165) is 38.0 Å². The number of aromatic nitrogens is 2. The van der Waals surface area contributed by atoms with E-state index in [2.05, 4.69) is 41.2 Å². The van der Waals surface area contributed by atoms with E-state index >= 15 is 0 Å². The molecule has 1 amide bonds. The van der Waals surface area contributed by atoms with Crippen LogP contribution in [0.15, 0.2) is 36.7 Å². The van der Waals surface area contributed by atoms with Crippen molar-refractivity contribution in [2.45, 2.75) is 39.5 Å². The SMILES string of the molecule is Cc1cnc(C(=O)N2CCC[C@H](CCc3ccccc3C)C2)cn1. The Bertz CT molecular complexity index is 696. The molecule has 126 valence electrons. The van der Waals surface area contributed by atoms with Crippen molar-refractivity contribution in [3.63, 3.8) is 0 Å². The lowest BCUT2D eigenvalue weighted by molar-refractivity contribution is 0.0662. The largest absolute Gasteiger partial charge is 0.337 e. The van der Waals surface area contributed by atoms with Gasteiger partial charge in [0.1, 0.15) is 5.69 Å². The number of aryl methyl sites for hydroxylation is 3. The van der Waals surface area contributed by atoms with Gasteiger partial charge in [-0.1, -0.05) is 24.3 Å². The number of hydrogen-bond donors (Lipinski definition) is 0. The molecule has 0 N–H and O–H groups in total. The minimum absolute atomic E-state index is 0.0168. The second kappa shape index (κ2) is 7.56. The van der Waals surface area contributed by atoms with E-state index in [-0.39, 0.29) is 5.91 Å². The molecule has 2 aromatic rings. The summed E-state index contributed by atoms with van der Waals surface area (Å²) in [5, 5.41) is 0. The molecule has 0 aliphatic carbocycles. The van der Waals surface area contributed by atoms with E-state index < -0.39 is 0 Å². The van der Waals surface area contributed by atoms with Gasteiger partial charge in [-0.2, -0.15) is 0 Å². The number of carbonyl (C=O) groups excluding carboxylic acids is 1. The highest BCUT2D eigenvalue weighted by Crippen LogP contribution is 2.23. The molecular formula is C20H25N3O. The molecule has 4 heteroatoms. The lowest BCUT2D eigenvalue weighted by atomic mass is 9.90. The van der Waals surface area contributed by atoms with Gasteiger partial charge in [0.15, 0.2) is 0 Å². The summed E-state index contributed by atoms with van der Waals surface area (Å²) in [6.07, 6.45) is 7.75. The van der Waals surface area contributed by atoms with Crippen molar-refractivity contribution in [3.05, 3.63) is 59.2 Å².